The summed E-state index contributed by atoms with van der Waals surface area (Å²) in [7, 11) is 0. The summed E-state index contributed by atoms with van der Waals surface area (Å²) in [5.74, 6) is 0.161. The van der Waals surface area contributed by atoms with Gasteiger partial charge in [0, 0.05) is 11.3 Å². The van der Waals surface area contributed by atoms with Crippen LogP contribution in [0.1, 0.15) is 26.4 Å². The van der Waals surface area contributed by atoms with E-state index in [1.165, 1.54) is 23.5 Å². The fourth-order valence-electron chi connectivity index (χ4n) is 2.34. The van der Waals surface area contributed by atoms with Crippen LogP contribution in [0.25, 0.3) is 0 Å². The van der Waals surface area contributed by atoms with Gasteiger partial charge in [-0.15, -0.1) is 11.3 Å². The first-order chi connectivity index (χ1) is 12.0. The molecule has 0 atom stereocenters. The highest BCUT2D eigenvalue weighted by atomic mass is 32.1. The highest BCUT2D eigenvalue weighted by molar-refractivity contribution is 7.12. The van der Waals surface area contributed by atoms with Crippen LogP contribution in [0.2, 0.25) is 0 Å². The number of hydrogen-bond acceptors (Lipinski definition) is 3. The van der Waals surface area contributed by atoms with E-state index < -0.39 is 0 Å². The van der Waals surface area contributed by atoms with Crippen LogP contribution in [0.15, 0.2) is 53.9 Å². The maximum Gasteiger partial charge on any atom is 0.265 e. The van der Waals surface area contributed by atoms with Gasteiger partial charge in [-0.1, -0.05) is 12.1 Å². The maximum atomic E-state index is 12.9. The second kappa shape index (κ2) is 7.49. The number of rotatable bonds is 5. The molecule has 0 aliphatic carbocycles. The number of amides is 1. The van der Waals surface area contributed by atoms with Gasteiger partial charge in [-0.25, -0.2) is 4.39 Å². The van der Waals surface area contributed by atoms with Crippen molar-refractivity contribution in [3.05, 3.63) is 81.3 Å². The molecule has 5 heteroatoms. The molecule has 3 nitrogen and oxygen atoms in total. The number of benzene rings is 2. The van der Waals surface area contributed by atoms with Crippen LogP contribution in [-0.4, -0.2) is 5.91 Å². The van der Waals surface area contributed by atoms with Gasteiger partial charge in [0.1, 0.15) is 18.2 Å². The summed E-state index contributed by atoms with van der Waals surface area (Å²) in [4.78, 5) is 13.0. The van der Waals surface area contributed by atoms with Gasteiger partial charge in [0.05, 0.1) is 4.88 Å². The Balaban J connectivity index is 1.63. The topological polar surface area (TPSA) is 38.3 Å². The molecule has 2 aromatic carbocycles. The third-order valence-electron chi connectivity index (χ3n) is 3.95. The molecule has 3 rings (SSSR count). The number of ether oxygens (including phenoxy) is 1. The Morgan fingerprint density at radius 3 is 2.68 bits per heavy atom. The van der Waals surface area contributed by atoms with Gasteiger partial charge in [-0.3, -0.25) is 4.79 Å². The molecule has 0 radical (unpaired) electrons. The molecule has 3 aromatic rings. The zero-order chi connectivity index (χ0) is 17.8. The molecule has 0 saturated heterocycles. The van der Waals surface area contributed by atoms with Crippen LogP contribution < -0.4 is 10.1 Å². The SMILES string of the molecule is Cc1cccc(NC(=O)c2cc(COc3ccc(F)cc3)cs2)c1C. The fourth-order valence-corrected chi connectivity index (χ4v) is 3.13. The summed E-state index contributed by atoms with van der Waals surface area (Å²) in [6.07, 6.45) is 0. The Labute approximate surface area is 150 Å². The van der Waals surface area contributed by atoms with Gasteiger partial charge in [0.25, 0.3) is 5.91 Å². The predicted molar refractivity (Wildman–Crippen MR) is 98.9 cm³/mol. The second-order valence-electron chi connectivity index (χ2n) is 5.76. The van der Waals surface area contributed by atoms with E-state index >= 15 is 0 Å². The lowest BCUT2D eigenvalue weighted by Gasteiger charge is -2.09. The zero-order valence-corrected chi connectivity index (χ0v) is 14.8. The van der Waals surface area contributed by atoms with Crippen LogP contribution in [0.4, 0.5) is 10.1 Å². The van der Waals surface area contributed by atoms with Gasteiger partial charge in [0.15, 0.2) is 0 Å². The van der Waals surface area contributed by atoms with Crippen LogP contribution in [0.3, 0.4) is 0 Å². The Morgan fingerprint density at radius 1 is 1.16 bits per heavy atom. The van der Waals surface area contributed by atoms with Gasteiger partial charge >= 0.3 is 0 Å². The molecule has 0 bridgehead atoms. The average molecular weight is 355 g/mol. The summed E-state index contributed by atoms with van der Waals surface area (Å²) in [6, 6.07) is 13.5. The largest absolute Gasteiger partial charge is 0.489 e. The molecule has 0 aliphatic rings. The molecule has 0 fully saturated rings. The number of carbonyl (C=O) groups is 1. The van der Waals surface area contributed by atoms with Crippen molar-refractivity contribution in [2.45, 2.75) is 20.5 Å². The van der Waals surface area contributed by atoms with E-state index in [1.807, 2.05) is 43.5 Å². The molecule has 0 spiro atoms. The van der Waals surface area contributed by atoms with Crippen molar-refractivity contribution in [2.75, 3.05) is 5.32 Å². The third kappa shape index (κ3) is 4.25. The van der Waals surface area contributed by atoms with Crippen LogP contribution in [0, 0.1) is 19.7 Å². The van der Waals surface area contributed by atoms with Gasteiger partial charge in [-0.05, 0) is 66.8 Å². The van der Waals surface area contributed by atoms with E-state index in [0.29, 0.717) is 17.2 Å². The van der Waals surface area contributed by atoms with E-state index in [1.54, 1.807) is 12.1 Å². The lowest BCUT2D eigenvalue weighted by Crippen LogP contribution is -2.11. The number of carbonyl (C=O) groups excluding carboxylic acids is 1. The normalized spacial score (nSPS) is 10.5. The third-order valence-corrected chi connectivity index (χ3v) is 4.93. The smallest absolute Gasteiger partial charge is 0.265 e. The highest BCUT2D eigenvalue weighted by Gasteiger charge is 2.11. The maximum absolute atomic E-state index is 12.9. The number of halogens is 1. The monoisotopic (exact) mass is 355 g/mol. The van der Waals surface area contributed by atoms with Crippen molar-refractivity contribution in [1.82, 2.24) is 0 Å². The Hall–Kier alpha value is -2.66. The molecule has 1 heterocycles. The molecule has 128 valence electrons. The van der Waals surface area contributed by atoms with Crippen LogP contribution in [0.5, 0.6) is 5.75 Å². The van der Waals surface area contributed by atoms with E-state index in [2.05, 4.69) is 5.32 Å². The number of thiophene rings is 1. The molecule has 0 aliphatic heterocycles. The molecule has 1 amide bonds. The summed E-state index contributed by atoms with van der Waals surface area (Å²) in [6.45, 7) is 4.33. The quantitative estimate of drug-likeness (QED) is 0.671. The summed E-state index contributed by atoms with van der Waals surface area (Å²) < 4.78 is 18.5. The zero-order valence-electron chi connectivity index (χ0n) is 14.0. The van der Waals surface area contributed by atoms with E-state index in [9.17, 15) is 9.18 Å². The van der Waals surface area contributed by atoms with Crippen LogP contribution in [-0.2, 0) is 6.61 Å². The van der Waals surface area contributed by atoms with E-state index in [4.69, 9.17) is 4.74 Å². The molecule has 0 saturated carbocycles. The first-order valence-corrected chi connectivity index (χ1v) is 8.74. The lowest BCUT2D eigenvalue weighted by atomic mass is 10.1. The van der Waals surface area contributed by atoms with Gasteiger partial charge in [0.2, 0.25) is 0 Å². The fraction of sp³-hybridized carbons (Fsp3) is 0.150. The van der Waals surface area contributed by atoms with Crippen molar-refractivity contribution in [1.29, 1.82) is 0 Å². The average Bonchev–Trinajstić information content (AvgIpc) is 3.08. The first-order valence-electron chi connectivity index (χ1n) is 7.86. The molecule has 1 aromatic heterocycles. The van der Waals surface area contributed by atoms with Gasteiger partial charge in [-0.2, -0.15) is 0 Å². The highest BCUT2D eigenvalue weighted by Crippen LogP contribution is 2.22. The number of hydrogen-bond donors (Lipinski definition) is 1. The summed E-state index contributed by atoms with van der Waals surface area (Å²) in [5.41, 5.74) is 3.92. The summed E-state index contributed by atoms with van der Waals surface area (Å²) >= 11 is 1.37. The standard InChI is InChI=1S/C20H18FNO2S/c1-13-4-3-5-18(14(13)2)22-20(23)19-10-15(12-25-19)11-24-17-8-6-16(21)7-9-17/h3-10,12H,11H2,1-2H3,(H,22,23). The molecule has 1 N–H and O–H groups in total. The Morgan fingerprint density at radius 2 is 1.92 bits per heavy atom. The molecular formula is C20H18FNO2S. The minimum atomic E-state index is -0.298. The van der Waals surface area contributed by atoms with E-state index in [-0.39, 0.29) is 11.7 Å². The van der Waals surface area contributed by atoms with Crippen molar-refractivity contribution in [3.63, 3.8) is 0 Å². The minimum absolute atomic E-state index is 0.133. The molecular weight excluding hydrogens is 337 g/mol. The number of aryl methyl sites for hydroxylation is 1. The number of nitrogens with one attached hydrogen (secondary N) is 1. The summed E-state index contributed by atoms with van der Waals surface area (Å²) in [5, 5.41) is 4.84. The predicted octanol–water partition coefficient (Wildman–Crippen LogP) is 5.34. The molecule has 0 unspecified atom stereocenters. The van der Waals surface area contributed by atoms with Crippen LogP contribution >= 0.6 is 11.3 Å². The lowest BCUT2D eigenvalue weighted by molar-refractivity contribution is 0.103. The van der Waals surface area contributed by atoms with Crippen molar-refractivity contribution >= 4 is 22.9 Å². The Bertz CT molecular complexity index is 887. The minimum Gasteiger partial charge on any atom is -0.489 e. The van der Waals surface area contributed by atoms with E-state index in [0.717, 1.165) is 22.4 Å². The second-order valence-corrected chi connectivity index (χ2v) is 6.67. The Kier molecular flexibility index (Phi) is 5.14. The van der Waals surface area contributed by atoms with Crippen molar-refractivity contribution in [2.24, 2.45) is 0 Å². The van der Waals surface area contributed by atoms with Crippen molar-refractivity contribution in [3.8, 4) is 5.75 Å². The first kappa shape index (κ1) is 17.2. The van der Waals surface area contributed by atoms with Crippen molar-refractivity contribution < 1.29 is 13.9 Å². The van der Waals surface area contributed by atoms with Gasteiger partial charge < -0.3 is 10.1 Å². The molecule has 25 heavy (non-hydrogen) atoms. The number of anilines is 1.